The minimum atomic E-state index is -1.38. The maximum atomic E-state index is 12.6. The lowest BCUT2D eigenvalue weighted by molar-refractivity contribution is -0.153. The van der Waals surface area contributed by atoms with Crippen LogP contribution in [0.4, 0.5) is 0 Å². The summed E-state index contributed by atoms with van der Waals surface area (Å²) < 4.78 is 14.8. The molecule has 0 fully saturated rings. The minimum Gasteiger partial charge on any atom is -0.479 e. The smallest absolute Gasteiger partial charge is 0.335 e. The molecule has 1 aromatic heterocycles. The van der Waals surface area contributed by atoms with Gasteiger partial charge in [0.05, 0.1) is 19.8 Å². The highest BCUT2D eigenvalue weighted by Gasteiger charge is 2.25. The molecule has 174 valence electrons. The highest BCUT2D eigenvalue weighted by Crippen LogP contribution is 2.23. The number of aliphatic hydroxyl groups excluding tert-OH is 1. The Morgan fingerprint density at radius 2 is 1.91 bits per heavy atom. The van der Waals surface area contributed by atoms with Gasteiger partial charge in [0.15, 0.2) is 6.10 Å². The van der Waals surface area contributed by atoms with Crippen molar-refractivity contribution < 1.29 is 28.7 Å². The number of halogens is 1. The van der Waals surface area contributed by atoms with Crippen molar-refractivity contribution in [2.24, 2.45) is 0 Å². The average Bonchev–Trinajstić information content (AvgIpc) is 3.29. The number of carbonyl (C=O) groups is 2. The van der Waals surface area contributed by atoms with E-state index in [0.717, 1.165) is 16.7 Å². The van der Waals surface area contributed by atoms with Crippen LogP contribution in [0.1, 0.15) is 29.5 Å². The molecule has 8 nitrogen and oxygen atoms in total. The number of carbonyl (C=O) groups excluding carboxylic acids is 2. The number of hydrogen-bond acceptors (Lipinski definition) is 7. The normalized spacial score (nSPS) is 12.6. The van der Waals surface area contributed by atoms with Crippen molar-refractivity contribution in [3.63, 3.8) is 0 Å². The van der Waals surface area contributed by atoms with Gasteiger partial charge in [-0.05, 0) is 47.3 Å². The maximum Gasteiger partial charge on any atom is 0.335 e. The van der Waals surface area contributed by atoms with E-state index in [1.807, 2.05) is 48.5 Å². The molecule has 2 aromatic carbocycles. The summed E-state index contributed by atoms with van der Waals surface area (Å²) in [5.74, 6) is -1.16. The first-order valence-electron chi connectivity index (χ1n) is 10.4. The fraction of sp³-hybridized carbons (Fsp3) is 0.292. The predicted octanol–water partition coefficient (Wildman–Crippen LogP) is 3.66. The molecule has 9 heteroatoms. The molecule has 1 heterocycles. The Morgan fingerprint density at radius 3 is 2.55 bits per heavy atom. The fourth-order valence-electron chi connectivity index (χ4n) is 3.30. The van der Waals surface area contributed by atoms with Crippen molar-refractivity contribution in [1.29, 1.82) is 0 Å². The van der Waals surface area contributed by atoms with Gasteiger partial charge in [0.2, 0.25) is 5.76 Å². The molecular formula is C24H25ClN2O6. The summed E-state index contributed by atoms with van der Waals surface area (Å²) in [4.78, 5) is 24.5. The molecule has 0 bridgehead atoms. The summed E-state index contributed by atoms with van der Waals surface area (Å²) >= 11 is 6.08. The SMILES string of the molecule is CCOC(=O)[C@H](O)C[C@@H](Cc1ccc(-c2cccc(Cl)c2)cc1)NC(=O)c1cc(OC)no1. The number of nitrogens with one attached hydrogen (secondary N) is 1. The third kappa shape index (κ3) is 6.81. The van der Waals surface area contributed by atoms with E-state index in [1.165, 1.54) is 13.2 Å². The summed E-state index contributed by atoms with van der Waals surface area (Å²) in [6.07, 6.45) is -1.06. The van der Waals surface area contributed by atoms with Crippen molar-refractivity contribution in [3.8, 4) is 17.0 Å². The molecule has 1 amide bonds. The number of aromatic nitrogens is 1. The van der Waals surface area contributed by atoms with Gasteiger partial charge in [-0.2, -0.15) is 0 Å². The molecule has 0 saturated heterocycles. The van der Waals surface area contributed by atoms with Crippen molar-refractivity contribution in [2.45, 2.75) is 31.9 Å². The van der Waals surface area contributed by atoms with Crippen LogP contribution in [-0.2, 0) is 16.0 Å². The Hall–Kier alpha value is -3.36. The van der Waals surface area contributed by atoms with Gasteiger partial charge in [0.25, 0.3) is 11.8 Å². The first kappa shape index (κ1) is 24.3. The number of nitrogens with zero attached hydrogens (tertiary/aromatic N) is 1. The average molecular weight is 473 g/mol. The van der Waals surface area contributed by atoms with Crippen LogP contribution in [0.3, 0.4) is 0 Å². The molecule has 0 aliphatic carbocycles. The topological polar surface area (TPSA) is 111 Å². The molecule has 0 unspecified atom stereocenters. The van der Waals surface area contributed by atoms with Crippen LogP contribution in [0.25, 0.3) is 11.1 Å². The molecule has 0 spiro atoms. The second kappa shape index (κ2) is 11.5. The molecule has 0 aliphatic heterocycles. The first-order valence-corrected chi connectivity index (χ1v) is 10.8. The van der Waals surface area contributed by atoms with Gasteiger partial charge in [-0.25, -0.2) is 4.79 Å². The van der Waals surface area contributed by atoms with Crippen LogP contribution in [0, 0.1) is 0 Å². The molecular weight excluding hydrogens is 448 g/mol. The molecule has 0 aliphatic rings. The number of hydrogen-bond donors (Lipinski definition) is 2. The van der Waals surface area contributed by atoms with Crippen molar-refractivity contribution in [2.75, 3.05) is 13.7 Å². The monoisotopic (exact) mass is 472 g/mol. The zero-order valence-electron chi connectivity index (χ0n) is 18.3. The van der Waals surface area contributed by atoms with E-state index in [4.69, 9.17) is 25.6 Å². The minimum absolute atomic E-state index is 0.0358. The van der Waals surface area contributed by atoms with E-state index in [9.17, 15) is 14.7 Å². The number of ether oxygens (including phenoxy) is 2. The third-order valence-corrected chi connectivity index (χ3v) is 5.15. The van der Waals surface area contributed by atoms with Crippen LogP contribution < -0.4 is 10.1 Å². The highest BCUT2D eigenvalue weighted by atomic mass is 35.5. The lowest BCUT2D eigenvalue weighted by Crippen LogP contribution is -2.40. The summed E-state index contributed by atoms with van der Waals surface area (Å²) in [5.41, 5.74) is 2.87. The second-order valence-electron chi connectivity index (χ2n) is 7.32. The molecule has 2 atom stereocenters. The van der Waals surface area contributed by atoms with E-state index < -0.39 is 24.0 Å². The predicted molar refractivity (Wildman–Crippen MR) is 122 cm³/mol. The molecule has 0 saturated carbocycles. The van der Waals surface area contributed by atoms with E-state index >= 15 is 0 Å². The summed E-state index contributed by atoms with van der Waals surface area (Å²) in [7, 11) is 1.41. The molecule has 3 aromatic rings. The Kier molecular flexibility index (Phi) is 8.46. The molecule has 33 heavy (non-hydrogen) atoms. The Morgan fingerprint density at radius 1 is 1.15 bits per heavy atom. The van der Waals surface area contributed by atoms with Gasteiger partial charge in [-0.3, -0.25) is 4.79 Å². The lowest BCUT2D eigenvalue weighted by Gasteiger charge is -2.21. The lowest BCUT2D eigenvalue weighted by atomic mass is 9.97. The van der Waals surface area contributed by atoms with Crippen LogP contribution in [0.2, 0.25) is 5.02 Å². The van der Waals surface area contributed by atoms with Crippen molar-refractivity contribution >= 4 is 23.5 Å². The zero-order valence-corrected chi connectivity index (χ0v) is 19.0. The molecule has 2 N–H and O–H groups in total. The van der Waals surface area contributed by atoms with Crippen LogP contribution in [-0.4, -0.2) is 48.0 Å². The van der Waals surface area contributed by atoms with E-state index in [1.54, 1.807) is 6.92 Å². The van der Waals surface area contributed by atoms with Gasteiger partial charge in [0.1, 0.15) is 0 Å². The molecule has 3 rings (SSSR count). The second-order valence-corrected chi connectivity index (χ2v) is 7.76. The molecule has 0 radical (unpaired) electrons. The summed E-state index contributed by atoms with van der Waals surface area (Å²) in [6.45, 7) is 1.80. The van der Waals surface area contributed by atoms with Crippen molar-refractivity contribution in [1.82, 2.24) is 10.5 Å². The number of amides is 1. The van der Waals surface area contributed by atoms with Crippen molar-refractivity contribution in [3.05, 3.63) is 70.9 Å². The van der Waals surface area contributed by atoms with Gasteiger partial charge in [-0.15, -0.1) is 0 Å². The Labute approximate surface area is 196 Å². The maximum absolute atomic E-state index is 12.6. The largest absolute Gasteiger partial charge is 0.479 e. The number of benzene rings is 2. The van der Waals surface area contributed by atoms with Crippen LogP contribution in [0.5, 0.6) is 5.88 Å². The van der Waals surface area contributed by atoms with Gasteiger partial charge < -0.3 is 24.4 Å². The number of esters is 1. The first-order chi connectivity index (χ1) is 15.9. The fourth-order valence-corrected chi connectivity index (χ4v) is 3.49. The summed E-state index contributed by atoms with van der Waals surface area (Å²) in [6, 6.07) is 16.0. The Bertz CT molecular complexity index is 1080. The Balaban J connectivity index is 1.74. The number of rotatable bonds is 10. The summed E-state index contributed by atoms with van der Waals surface area (Å²) in [5, 5.41) is 17.3. The van der Waals surface area contributed by atoms with Crippen LogP contribution in [0.15, 0.2) is 59.1 Å². The van der Waals surface area contributed by atoms with Crippen LogP contribution >= 0.6 is 11.6 Å². The number of methoxy groups -OCH3 is 1. The zero-order chi connectivity index (χ0) is 23.8. The van der Waals surface area contributed by atoms with E-state index in [2.05, 4.69) is 10.5 Å². The van der Waals surface area contributed by atoms with Gasteiger partial charge >= 0.3 is 5.97 Å². The van der Waals surface area contributed by atoms with Gasteiger partial charge in [0, 0.05) is 17.5 Å². The number of aliphatic hydroxyl groups is 1. The standard InChI is InChI=1S/C24H25ClN2O6/c1-3-32-24(30)20(28)13-19(26-23(29)21-14-22(31-2)27-33-21)11-15-7-9-16(10-8-15)17-5-4-6-18(25)12-17/h4-10,12,14,19-20,28H,3,11,13H2,1-2H3,(H,26,29)/t19-,20-/m1/s1. The van der Waals surface area contributed by atoms with E-state index in [0.29, 0.717) is 11.4 Å². The third-order valence-electron chi connectivity index (χ3n) is 4.92. The van der Waals surface area contributed by atoms with Gasteiger partial charge in [-0.1, -0.05) is 48.0 Å². The van der Waals surface area contributed by atoms with E-state index in [-0.39, 0.29) is 24.7 Å². The highest BCUT2D eigenvalue weighted by molar-refractivity contribution is 6.30. The quantitative estimate of drug-likeness (QED) is 0.433.